The van der Waals surface area contributed by atoms with Gasteiger partial charge in [0.2, 0.25) is 0 Å². The van der Waals surface area contributed by atoms with E-state index in [-0.39, 0.29) is 5.56 Å². The molecule has 1 N–H and O–H groups in total. The molecule has 4 nitrogen and oxygen atoms in total. The second kappa shape index (κ2) is 6.54. The van der Waals surface area contributed by atoms with Crippen LogP contribution in [0.2, 0.25) is 0 Å². The van der Waals surface area contributed by atoms with Crippen molar-refractivity contribution in [3.8, 4) is 0 Å². The van der Waals surface area contributed by atoms with E-state index in [2.05, 4.69) is 24.4 Å². The molecule has 5 heteroatoms. The number of rotatable bonds is 6. The maximum atomic E-state index is 11.6. The van der Waals surface area contributed by atoms with Crippen LogP contribution in [0.1, 0.15) is 9.75 Å². The fourth-order valence-corrected chi connectivity index (χ4v) is 2.60. The Morgan fingerprint density at radius 3 is 2.84 bits per heavy atom. The quantitative estimate of drug-likeness (QED) is 0.883. The fourth-order valence-electron chi connectivity index (χ4n) is 1.77. The molecule has 0 unspecified atom stereocenters. The van der Waals surface area contributed by atoms with Crippen LogP contribution < -0.4 is 10.9 Å². The number of thiophene rings is 1. The van der Waals surface area contributed by atoms with Gasteiger partial charge in [-0.2, -0.15) is 0 Å². The zero-order chi connectivity index (χ0) is 13.7. The molecule has 19 heavy (non-hydrogen) atoms. The van der Waals surface area contributed by atoms with Crippen LogP contribution >= 0.6 is 11.3 Å². The standard InChI is InChI=1S/C14H18N2O2S/c1-11-3-5-13(19-11)9-15-12-4-6-14(17)16(10-12)7-8-18-2/h3-6,10,15H,7-9H2,1-2H3. The number of pyridine rings is 1. The van der Waals surface area contributed by atoms with Gasteiger partial charge in [-0.1, -0.05) is 0 Å². The molecule has 0 amide bonds. The minimum atomic E-state index is -0.00503. The zero-order valence-corrected chi connectivity index (χ0v) is 12.0. The summed E-state index contributed by atoms with van der Waals surface area (Å²) in [6.45, 7) is 3.98. The van der Waals surface area contributed by atoms with E-state index in [1.54, 1.807) is 29.1 Å². The van der Waals surface area contributed by atoms with E-state index in [0.29, 0.717) is 13.2 Å². The number of aromatic nitrogens is 1. The van der Waals surface area contributed by atoms with Crippen molar-refractivity contribution in [2.75, 3.05) is 19.0 Å². The molecule has 0 radical (unpaired) electrons. The number of hydrogen-bond acceptors (Lipinski definition) is 4. The number of hydrogen-bond donors (Lipinski definition) is 1. The summed E-state index contributed by atoms with van der Waals surface area (Å²) in [4.78, 5) is 14.2. The summed E-state index contributed by atoms with van der Waals surface area (Å²) < 4.78 is 6.65. The highest BCUT2D eigenvalue weighted by Gasteiger charge is 2.00. The first-order valence-electron chi connectivity index (χ1n) is 6.17. The molecule has 2 aromatic rings. The largest absolute Gasteiger partial charge is 0.383 e. The Hall–Kier alpha value is -1.59. The van der Waals surface area contributed by atoms with Gasteiger partial charge in [0.05, 0.1) is 12.3 Å². The molecular formula is C14H18N2O2S. The molecule has 0 saturated carbocycles. The molecule has 2 heterocycles. The highest BCUT2D eigenvalue weighted by atomic mass is 32.1. The molecular weight excluding hydrogens is 260 g/mol. The van der Waals surface area contributed by atoms with E-state index < -0.39 is 0 Å². The highest BCUT2D eigenvalue weighted by Crippen LogP contribution is 2.16. The number of nitrogens with one attached hydrogen (secondary N) is 1. The summed E-state index contributed by atoms with van der Waals surface area (Å²) >= 11 is 1.78. The maximum Gasteiger partial charge on any atom is 0.250 e. The monoisotopic (exact) mass is 278 g/mol. The maximum absolute atomic E-state index is 11.6. The normalized spacial score (nSPS) is 10.6. The minimum Gasteiger partial charge on any atom is -0.383 e. The molecule has 0 aliphatic carbocycles. The predicted octanol–water partition coefficient (Wildman–Crippen LogP) is 2.48. The Morgan fingerprint density at radius 2 is 2.16 bits per heavy atom. The highest BCUT2D eigenvalue weighted by molar-refractivity contribution is 7.11. The van der Waals surface area contributed by atoms with Crippen LogP contribution in [0, 0.1) is 6.92 Å². The second-order valence-electron chi connectivity index (χ2n) is 4.31. The molecule has 2 rings (SSSR count). The van der Waals surface area contributed by atoms with Crippen LogP contribution in [-0.4, -0.2) is 18.3 Å². The van der Waals surface area contributed by atoms with E-state index in [4.69, 9.17) is 4.74 Å². The number of anilines is 1. The molecule has 0 aliphatic heterocycles. The Bertz CT molecular complexity index is 589. The van der Waals surface area contributed by atoms with Gasteiger partial charge in [0, 0.05) is 42.2 Å². The lowest BCUT2D eigenvalue weighted by Crippen LogP contribution is -2.21. The summed E-state index contributed by atoms with van der Waals surface area (Å²) in [6, 6.07) is 7.62. The third kappa shape index (κ3) is 3.94. The van der Waals surface area contributed by atoms with E-state index >= 15 is 0 Å². The zero-order valence-electron chi connectivity index (χ0n) is 11.2. The molecule has 102 valence electrons. The molecule has 0 spiro atoms. The van der Waals surface area contributed by atoms with Crippen molar-refractivity contribution in [3.05, 3.63) is 50.6 Å². The lowest BCUT2D eigenvalue weighted by atomic mass is 10.3. The van der Waals surface area contributed by atoms with Gasteiger partial charge in [-0.3, -0.25) is 4.79 Å². The van der Waals surface area contributed by atoms with Crippen LogP contribution in [0.15, 0.2) is 35.3 Å². The van der Waals surface area contributed by atoms with Crippen molar-refractivity contribution in [3.63, 3.8) is 0 Å². The Kier molecular flexibility index (Phi) is 4.76. The minimum absolute atomic E-state index is 0.00503. The van der Waals surface area contributed by atoms with Gasteiger partial charge >= 0.3 is 0 Å². The number of ether oxygens (including phenoxy) is 1. The van der Waals surface area contributed by atoms with Crippen molar-refractivity contribution in [1.82, 2.24) is 4.57 Å². The van der Waals surface area contributed by atoms with Gasteiger partial charge in [-0.05, 0) is 25.1 Å². The summed E-state index contributed by atoms with van der Waals surface area (Å²) in [5.41, 5.74) is 0.941. The molecule has 0 atom stereocenters. The van der Waals surface area contributed by atoms with E-state index in [0.717, 1.165) is 12.2 Å². The molecule has 0 bridgehead atoms. The SMILES string of the molecule is COCCn1cc(NCc2ccc(C)s2)ccc1=O. The van der Waals surface area contributed by atoms with E-state index in [9.17, 15) is 4.79 Å². The first-order valence-corrected chi connectivity index (χ1v) is 6.99. The van der Waals surface area contributed by atoms with Gasteiger partial charge < -0.3 is 14.6 Å². The third-order valence-electron chi connectivity index (χ3n) is 2.78. The molecule has 2 aromatic heterocycles. The van der Waals surface area contributed by atoms with Crippen molar-refractivity contribution >= 4 is 17.0 Å². The summed E-state index contributed by atoms with van der Waals surface area (Å²) in [5, 5.41) is 3.33. The van der Waals surface area contributed by atoms with Gasteiger partial charge in [-0.25, -0.2) is 0 Å². The number of methoxy groups -OCH3 is 1. The lowest BCUT2D eigenvalue weighted by Gasteiger charge is -2.09. The van der Waals surface area contributed by atoms with E-state index in [1.165, 1.54) is 9.75 Å². The van der Waals surface area contributed by atoms with Gasteiger partial charge in [0.25, 0.3) is 5.56 Å². The molecule has 0 saturated heterocycles. The van der Waals surface area contributed by atoms with Crippen molar-refractivity contribution in [2.24, 2.45) is 0 Å². The summed E-state index contributed by atoms with van der Waals surface area (Å²) in [5.74, 6) is 0. The van der Waals surface area contributed by atoms with Crippen LogP contribution in [-0.2, 0) is 17.8 Å². The number of nitrogens with zero attached hydrogens (tertiary/aromatic N) is 1. The third-order valence-corrected chi connectivity index (χ3v) is 3.78. The number of aryl methyl sites for hydroxylation is 1. The van der Waals surface area contributed by atoms with E-state index in [1.807, 2.05) is 12.3 Å². The lowest BCUT2D eigenvalue weighted by molar-refractivity contribution is 0.186. The van der Waals surface area contributed by atoms with Gasteiger partial charge in [-0.15, -0.1) is 11.3 Å². The first-order chi connectivity index (χ1) is 9.19. The smallest absolute Gasteiger partial charge is 0.250 e. The molecule has 0 aliphatic rings. The van der Waals surface area contributed by atoms with Crippen molar-refractivity contribution in [1.29, 1.82) is 0 Å². The Morgan fingerprint density at radius 1 is 1.32 bits per heavy atom. The molecule has 0 fully saturated rings. The van der Waals surface area contributed by atoms with Gasteiger partial charge in [0.1, 0.15) is 0 Å². The van der Waals surface area contributed by atoms with Crippen LogP contribution in [0.25, 0.3) is 0 Å². The predicted molar refractivity (Wildman–Crippen MR) is 79.0 cm³/mol. The summed E-state index contributed by atoms with van der Waals surface area (Å²) in [7, 11) is 1.63. The van der Waals surface area contributed by atoms with Crippen LogP contribution in [0.3, 0.4) is 0 Å². The average Bonchev–Trinajstić information content (AvgIpc) is 2.82. The average molecular weight is 278 g/mol. The van der Waals surface area contributed by atoms with Crippen molar-refractivity contribution < 1.29 is 4.74 Å². The molecule has 0 aromatic carbocycles. The Balaban J connectivity index is 2.02. The fraction of sp³-hybridized carbons (Fsp3) is 0.357. The second-order valence-corrected chi connectivity index (χ2v) is 5.68. The van der Waals surface area contributed by atoms with Gasteiger partial charge in [0.15, 0.2) is 0 Å². The van der Waals surface area contributed by atoms with Crippen LogP contribution in [0.4, 0.5) is 5.69 Å². The van der Waals surface area contributed by atoms with Crippen molar-refractivity contribution in [2.45, 2.75) is 20.0 Å². The topological polar surface area (TPSA) is 43.3 Å². The first kappa shape index (κ1) is 13.8. The van der Waals surface area contributed by atoms with Crippen LogP contribution in [0.5, 0.6) is 0 Å². The summed E-state index contributed by atoms with van der Waals surface area (Å²) in [6.07, 6.45) is 1.84. The Labute approximate surface area is 116 Å².